The summed E-state index contributed by atoms with van der Waals surface area (Å²) < 4.78 is 10.5. The van der Waals surface area contributed by atoms with Crippen LogP contribution in [0.5, 0.6) is 0 Å². The van der Waals surface area contributed by atoms with Gasteiger partial charge in [0.1, 0.15) is 5.60 Å². The van der Waals surface area contributed by atoms with Crippen LogP contribution in [0.4, 0.5) is 4.79 Å². The van der Waals surface area contributed by atoms with Gasteiger partial charge in [-0.25, -0.2) is 9.59 Å². The first-order valence-corrected chi connectivity index (χ1v) is 8.64. The van der Waals surface area contributed by atoms with E-state index in [1.807, 2.05) is 27.0 Å². The molecule has 0 atom stereocenters. The minimum absolute atomic E-state index is 0.330. The standard InChI is InChI=1S/C18H28N2O4/c1-5-23-16(21)12-14-8-11-20(17(22)24-18(2,3)4)13-15(14)19-9-6-7-10-19/h12-13H,5-11H2,1-4H3/b14-12+. The molecule has 0 unspecified atom stereocenters. The fourth-order valence-electron chi connectivity index (χ4n) is 2.84. The highest BCUT2D eigenvalue weighted by molar-refractivity contribution is 5.84. The van der Waals surface area contributed by atoms with Crippen LogP contribution < -0.4 is 0 Å². The fourth-order valence-corrected chi connectivity index (χ4v) is 2.84. The number of esters is 1. The molecule has 24 heavy (non-hydrogen) atoms. The average Bonchev–Trinajstić information content (AvgIpc) is 3.00. The highest BCUT2D eigenvalue weighted by atomic mass is 16.6. The van der Waals surface area contributed by atoms with Crippen molar-refractivity contribution in [3.63, 3.8) is 0 Å². The van der Waals surface area contributed by atoms with Gasteiger partial charge < -0.3 is 14.4 Å². The van der Waals surface area contributed by atoms with E-state index in [4.69, 9.17) is 9.47 Å². The van der Waals surface area contributed by atoms with Gasteiger partial charge in [-0.15, -0.1) is 0 Å². The number of carbonyl (C=O) groups is 2. The maximum Gasteiger partial charge on any atom is 0.414 e. The van der Waals surface area contributed by atoms with Gasteiger partial charge in [0, 0.05) is 31.9 Å². The molecule has 0 aromatic rings. The average molecular weight is 336 g/mol. The van der Waals surface area contributed by atoms with Crippen LogP contribution in [0.15, 0.2) is 23.5 Å². The maximum absolute atomic E-state index is 12.3. The van der Waals surface area contributed by atoms with Crippen molar-refractivity contribution >= 4 is 12.1 Å². The molecule has 0 radical (unpaired) electrons. The van der Waals surface area contributed by atoms with Gasteiger partial charge in [-0.2, -0.15) is 0 Å². The molecule has 0 aromatic carbocycles. The molecule has 1 saturated heterocycles. The third-order valence-electron chi connectivity index (χ3n) is 3.88. The Morgan fingerprint density at radius 2 is 1.88 bits per heavy atom. The van der Waals surface area contributed by atoms with Crippen LogP contribution in [0.1, 0.15) is 47.0 Å². The van der Waals surface area contributed by atoms with Crippen molar-refractivity contribution in [2.24, 2.45) is 0 Å². The van der Waals surface area contributed by atoms with Crippen molar-refractivity contribution in [2.75, 3.05) is 26.2 Å². The maximum atomic E-state index is 12.3. The second kappa shape index (κ2) is 7.73. The van der Waals surface area contributed by atoms with Gasteiger partial charge >= 0.3 is 12.1 Å². The number of nitrogens with zero attached hydrogens (tertiary/aromatic N) is 2. The summed E-state index contributed by atoms with van der Waals surface area (Å²) in [5.41, 5.74) is 1.33. The molecule has 134 valence electrons. The zero-order chi connectivity index (χ0) is 17.7. The fraction of sp³-hybridized carbons (Fsp3) is 0.667. The van der Waals surface area contributed by atoms with Gasteiger partial charge in [0.2, 0.25) is 0 Å². The van der Waals surface area contributed by atoms with Crippen LogP contribution in [-0.4, -0.2) is 53.7 Å². The van der Waals surface area contributed by atoms with Gasteiger partial charge in [-0.1, -0.05) is 0 Å². The van der Waals surface area contributed by atoms with Gasteiger partial charge in [-0.3, -0.25) is 4.90 Å². The second-order valence-electron chi connectivity index (χ2n) is 7.05. The van der Waals surface area contributed by atoms with Gasteiger partial charge in [0.05, 0.1) is 12.3 Å². The van der Waals surface area contributed by atoms with Crippen molar-refractivity contribution in [1.82, 2.24) is 9.80 Å². The molecule has 6 nitrogen and oxygen atoms in total. The minimum atomic E-state index is -0.528. The quantitative estimate of drug-likeness (QED) is 0.585. The van der Waals surface area contributed by atoms with E-state index in [1.54, 1.807) is 17.9 Å². The van der Waals surface area contributed by atoms with E-state index in [-0.39, 0.29) is 12.1 Å². The lowest BCUT2D eigenvalue weighted by Gasteiger charge is -2.33. The second-order valence-corrected chi connectivity index (χ2v) is 7.05. The van der Waals surface area contributed by atoms with Crippen LogP contribution in [0.2, 0.25) is 0 Å². The summed E-state index contributed by atoms with van der Waals surface area (Å²) >= 11 is 0. The van der Waals surface area contributed by atoms with Crippen molar-refractivity contribution in [3.8, 4) is 0 Å². The number of hydrogen-bond acceptors (Lipinski definition) is 5. The van der Waals surface area contributed by atoms with Crippen molar-refractivity contribution in [1.29, 1.82) is 0 Å². The van der Waals surface area contributed by atoms with E-state index < -0.39 is 5.60 Å². The van der Waals surface area contributed by atoms with E-state index in [0.717, 1.165) is 37.2 Å². The Hall–Kier alpha value is -1.98. The first-order chi connectivity index (χ1) is 11.3. The number of carbonyl (C=O) groups excluding carboxylic acids is 2. The third-order valence-corrected chi connectivity index (χ3v) is 3.88. The topological polar surface area (TPSA) is 59.1 Å². The molecule has 0 bridgehead atoms. The van der Waals surface area contributed by atoms with Crippen molar-refractivity contribution in [2.45, 2.75) is 52.6 Å². The predicted molar refractivity (Wildman–Crippen MR) is 91.2 cm³/mol. The zero-order valence-electron chi connectivity index (χ0n) is 15.1. The molecule has 0 aromatic heterocycles. The molecule has 0 saturated carbocycles. The highest BCUT2D eigenvalue weighted by Crippen LogP contribution is 2.28. The summed E-state index contributed by atoms with van der Waals surface area (Å²) in [6.45, 7) is 10.1. The normalized spacial score (nSPS) is 20.2. The largest absolute Gasteiger partial charge is 0.463 e. The predicted octanol–water partition coefficient (Wildman–Crippen LogP) is 3.05. The Labute approximate surface area is 144 Å². The molecular formula is C18H28N2O4. The van der Waals surface area contributed by atoms with Crippen LogP contribution in [-0.2, 0) is 14.3 Å². The van der Waals surface area contributed by atoms with Crippen LogP contribution in [0, 0.1) is 0 Å². The van der Waals surface area contributed by atoms with E-state index in [9.17, 15) is 9.59 Å². The first kappa shape index (κ1) is 18.4. The SMILES string of the molecule is CCOC(=O)/C=C1\CCN(C(=O)OC(C)(C)C)C=C1N1CCCC1. The highest BCUT2D eigenvalue weighted by Gasteiger charge is 2.28. The monoisotopic (exact) mass is 336 g/mol. The van der Waals surface area contributed by atoms with Gasteiger partial charge in [0.15, 0.2) is 0 Å². The van der Waals surface area contributed by atoms with E-state index in [0.29, 0.717) is 19.6 Å². The Kier molecular flexibility index (Phi) is 5.91. The summed E-state index contributed by atoms with van der Waals surface area (Å²) in [7, 11) is 0. The number of allylic oxidation sites excluding steroid dienone is 1. The van der Waals surface area contributed by atoms with Crippen LogP contribution in [0.25, 0.3) is 0 Å². The van der Waals surface area contributed by atoms with Crippen LogP contribution >= 0.6 is 0 Å². The number of hydrogen-bond donors (Lipinski definition) is 0. The molecule has 1 fully saturated rings. The third kappa shape index (κ3) is 5.01. The van der Waals surface area contributed by atoms with Crippen LogP contribution in [0.3, 0.4) is 0 Å². The molecule has 2 aliphatic heterocycles. The number of ether oxygens (including phenoxy) is 2. The smallest absolute Gasteiger partial charge is 0.414 e. The summed E-state index contributed by atoms with van der Waals surface area (Å²) in [4.78, 5) is 28.0. The molecule has 0 aliphatic carbocycles. The van der Waals surface area contributed by atoms with E-state index in [1.165, 1.54) is 0 Å². The molecule has 2 heterocycles. The first-order valence-electron chi connectivity index (χ1n) is 8.64. The Bertz CT molecular complexity index is 540. The molecule has 1 amide bonds. The van der Waals surface area contributed by atoms with E-state index in [2.05, 4.69) is 4.90 Å². The summed E-state index contributed by atoms with van der Waals surface area (Å²) in [6, 6.07) is 0. The lowest BCUT2D eigenvalue weighted by atomic mass is 10.0. The van der Waals surface area contributed by atoms with Gasteiger partial charge in [-0.05, 0) is 52.5 Å². The number of amides is 1. The molecular weight excluding hydrogens is 308 g/mol. The summed E-state index contributed by atoms with van der Waals surface area (Å²) in [5, 5.41) is 0. The molecule has 0 N–H and O–H groups in total. The number of rotatable bonds is 3. The van der Waals surface area contributed by atoms with Crippen molar-refractivity contribution in [3.05, 3.63) is 23.5 Å². The van der Waals surface area contributed by atoms with Crippen molar-refractivity contribution < 1.29 is 19.1 Å². The molecule has 2 aliphatic rings. The molecule has 0 spiro atoms. The summed E-state index contributed by atoms with van der Waals surface area (Å²) in [5.74, 6) is -0.330. The zero-order valence-corrected chi connectivity index (χ0v) is 15.1. The lowest BCUT2D eigenvalue weighted by molar-refractivity contribution is -0.137. The lowest BCUT2D eigenvalue weighted by Crippen LogP contribution is -2.38. The minimum Gasteiger partial charge on any atom is -0.463 e. The molecule has 2 rings (SSSR count). The Morgan fingerprint density at radius 1 is 1.21 bits per heavy atom. The summed E-state index contributed by atoms with van der Waals surface area (Å²) in [6.07, 6.45) is 5.87. The molecule has 6 heteroatoms. The number of likely N-dealkylation sites (tertiary alicyclic amines) is 1. The Balaban J connectivity index is 2.22. The van der Waals surface area contributed by atoms with Gasteiger partial charge in [0.25, 0.3) is 0 Å². The Morgan fingerprint density at radius 3 is 2.46 bits per heavy atom. The van der Waals surface area contributed by atoms with E-state index >= 15 is 0 Å².